The molecule has 5 nitrogen and oxygen atoms in total. The molecule has 1 N–H and O–H groups in total. The van der Waals surface area contributed by atoms with E-state index in [4.69, 9.17) is 4.74 Å². The predicted molar refractivity (Wildman–Crippen MR) is 76.3 cm³/mol. The molecule has 0 aromatic heterocycles. The van der Waals surface area contributed by atoms with Gasteiger partial charge in [0.2, 0.25) is 0 Å². The van der Waals surface area contributed by atoms with Crippen LogP contribution in [0.1, 0.15) is 17.3 Å². The van der Waals surface area contributed by atoms with Crippen molar-refractivity contribution in [2.24, 2.45) is 0 Å². The minimum Gasteiger partial charge on any atom is -0.478 e. The van der Waals surface area contributed by atoms with Gasteiger partial charge in [-0.25, -0.2) is 9.59 Å². The molecule has 0 aliphatic carbocycles. The number of benzene rings is 2. The van der Waals surface area contributed by atoms with Crippen molar-refractivity contribution in [3.8, 4) is 0 Å². The van der Waals surface area contributed by atoms with Gasteiger partial charge in [0, 0.05) is 12.4 Å². The van der Waals surface area contributed by atoms with Crippen LogP contribution >= 0.6 is 0 Å². The Balaban J connectivity index is 2.66. The molecule has 0 bridgehead atoms. The Kier molecular flexibility index (Phi) is 3.89. The largest absolute Gasteiger partial charge is 0.478 e. The predicted octanol–water partition coefficient (Wildman–Crippen LogP) is 3.13. The van der Waals surface area contributed by atoms with Crippen LogP contribution in [0.25, 0.3) is 10.8 Å². The Morgan fingerprint density at radius 3 is 2.55 bits per heavy atom. The van der Waals surface area contributed by atoms with Crippen molar-refractivity contribution in [1.82, 2.24) is 0 Å². The molecular weight excluding hydrogens is 258 g/mol. The molecule has 0 fully saturated rings. The zero-order valence-corrected chi connectivity index (χ0v) is 11.3. The van der Waals surface area contributed by atoms with E-state index in [1.54, 1.807) is 25.1 Å². The number of rotatable bonds is 3. The van der Waals surface area contributed by atoms with Crippen molar-refractivity contribution in [2.75, 3.05) is 18.6 Å². The van der Waals surface area contributed by atoms with Gasteiger partial charge in [0.05, 0.1) is 17.9 Å². The summed E-state index contributed by atoms with van der Waals surface area (Å²) in [6, 6.07) is 10.5. The second kappa shape index (κ2) is 5.61. The molecule has 0 atom stereocenters. The van der Waals surface area contributed by atoms with Crippen LogP contribution in [0.15, 0.2) is 36.4 Å². The summed E-state index contributed by atoms with van der Waals surface area (Å²) in [5, 5.41) is 10.9. The fraction of sp³-hybridized carbons (Fsp3) is 0.200. The van der Waals surface area contributed by atoms with Crippen molar-refractivity contribution in [1.29, 1.82) is 0 Å². The van der Waals surface area contributed by atoms with E-state index < -0.39 is 12.1 Å². The maximum absolute atomic E-state index is 11.9. The first-order chi connectivity index (χ1) is 9.56. The number of hydrogen-bond donors (Lipinski definition) is 1. The first-order valence-electron chi connectivity index (χ1n) is 6.21. The number of carbonyl (C=O) groups excluding carboxylic acids is 1. The molecule has 0 saturated heterocycles. The Morgan fingerprint density at radius 2 is 1.90 bits per heavy atom. The summed E-state index contributed by atoms with van der Waals surface area (Å²) in [6.45, 7) is 1.93. The highest BCUT2D eigenvalue weighted by molar-refractivity contribution is 6.10. The van der Waals surface area contributed by atoms with E-state index >= 15 is 0 Å². The molecule has 0 radical (unpaired) electrons. The monoisotopic (exact) mass is 273 g/mol. The number of hydrogen-bond acceptors (Lipinski definition) is 3. The van der Waals surface area contributed by atoms with Gasteiger partial charge in [-0.2, -0.15) is 0 Å². The van der Waals surface area contributed by atoms with Gasteiger partial charge in [-0.05, 0) is 18.4 Å². The van der Waals surface area contributed by atoms with Crippen LogP contribution in [0.3, 0.4) is 0 Å². The zero-order valence-electron chi connectivity index (χ0n) is 11.3. The normalized spacial score (nSPS) is 10.3. The van der Waals surface area contributed by atoms with Crippen LogP contribution in [0.4, 0.5) is 10.5 Å². The van der Waals surface area contributed by atoms with Gasteiger partial charge in [0.1, 0.15) is 0 Å². The molecule has 20 heavy (non-hydrogen) atoms. The highest BCUT2D eigenvalue weighted by Gasteiger charge is 2.21. The molecule has 104 valence electrons. The second-order valence-corrected chi connectivity index (χ2v) is 4.25. The average Bonchev–Trinajstić information content (AvgIpc) is 2.45. The van der Waals surface area contributed by atoms with Crippen LogP contribution in [-0.2, 0) is 4.74 Å². The van der Waals surface area contributed by atoms with Crippen LogP contribution in [0.5, 0.6) is 0 Å². The molecule has 5 heteroatoms. The summed E-state index contributed by atoms with van der Waals surface area (Å²) in [4.78, 5) is 24.5. The summed E-state index contributed by atoms with van der Waals surface area (Å²) >= 11 is 0. The molecule has 2 aromatic rings. The van der Waals surface area contributed by atoms with E-state index in [0.717, 1.165) is 5.39 Å². The minimum atomic E-state index is -1.08. The lowest BCUT2D eigenvalue weighted by molar-refractivity contribution is 0.0698. The van der Waals surface area contributed by atoms with E-state index in [0.29, 0.717) is 11.1 Å². The van der Waals surface area contributed by atoms with Crippen molar-refractivity contribution in [2.45, 2.75) is 6.92 Å². The molecule has 2 aromatic carbocycles. The summed E-state index contributed by atoms with van der Waals surface area (Å²) < 4.78 is 4.94. The fourth-order valence-corrected chi connectivity index (χ4v) is 2.10. The quantitative estimate of drug-likeness (QED) is 0.933. The summed E-state index contributed by atoms with van der Waals surface area (Å²) in [5.74, 6) is -1.08. The van der Waals surface area contributed by atoms with Crippen molar-refractivity contribution in [3.05, 3.63) is 42.0 Å². The topological polar surface area (TPSA) is 66.8 Å². The van der Waals surface area contributed by atoms with Gasteiger partial charge in [-0.15, -0.1) is 0 Å². The van der Waals surface area contributed by atoms with Crippen molar-refractivity contribution < 1.29 is 19.4 Å². The number of ether oxygens (including phenoxy) is 1. The third-order valence-corrected chi connectivity index (χ3v) is 3.01. The molecule has 0 heterocycles. The van der Waals surface area contributed by atoms with Gasteiger partial charge in [0.15, 0.2) is 0 Å². The minimum absolute atomic E-state index is 0.0688. The van der Waals surface area contributed by atoms with Crippen LogP contribution in [0.2, 0.25) is 0 Å². The van der Waals surface area contributed by atoms with Gasteiger partial charge >= 0.3 is 12.1 Å². The maximum atomic E-state index is 11.9. The molecule has 0 aliphatic heterocycles. The molecule has 2 rings (SSSR count). The summed E-state index contributed by atoms with van der Waals surface area (Å²) in [7, 11) is 1.51. The second-order valence-electron chi connectivity index (χ2n) is 4.25. The van der Waals surface area contributed by atoms with Gasteiger partial charge in [-0.3, -0.25) is 4.90 Å². The summed E-state index contributed by atoms with van der Waals surface area (Å²) in [5.41, 5.74) is 0.410. The molecule has 0 unspecified atom stereocenters. The number of nitrogens with zero attached hydrogens (tertiary/aromatic N) is 1. The van der Waals surface area contributed by atoms with Crippen LogP contribution < -0.4 is 4.90 Å². The number of amides is 1. The number of carbonyl (C=O) groups is 2. The van der Waals surface area contributed by atoms with E-state index in [2.05, 4.69) is 0 Å². The average molecular weight is 273 g/mol. The Labute approximate surface area is 116 Å². The number of anilines is 1. The molecule has 1 amide bonds. The lowest BCUT2D eigenvalue weighted by Gasteiger charge is -2.20. The van der Waals surface area contributed by atoms with Crippen molar-refractivity contribution >= 4 is 28.5 Å². The first kappa shape index (κ1) is 13.9. The lowest BCUT2D eigenvalue weighted by atomic mass is 10.0. The van der Waals surface area contributed by atoms with E-state index in [1.165, 1.54) is 18.0 Å². The Morgan fingerprint density at radius 1 is 1.20 bits per heavy atom. The molecule has 0 aliphatic rings. The number of carboxylic acids is 1. The number of aromatic carboxylic acids is 1. The molecule has 0 spiro atoms. The Hall–Kier alpha value is -2.56. The van der Waals surface area contributed by atoms with Gasteiger partial charge in [0.25, 0.3) is 0 Å². The van der Waals surface area contributed by atoms with E-state index in [1.807, 2.05) is 12.1 Å². The standard InChI is InChI=1S/C15H15NO4/c1-3-20-15(19)16(2)13-11-7-5-4-6-10(11)8-9-12(13)14(17)18/h4-9H,3H2,1-2H3,(H,17,18). The van der Waals surface area contributed by atoms with Gasteiger partial charge in [-0.1, -0.05) is 30.3 Å². The third-order valence-electron chi connectivity index (χ3n) is 3.01. The highest BCUT2D eigenvalue weighted by atomic mass is 16.6. The molecule has 0 saturated carbocycles. The number of fused-ring (bicyclic) bond motifs is 1. The fourth-order valence-electron chi connectivity index (χ4n) is 2.10. The third kappa shape index (κ3) is 2.42. The zero-order chi connectivity index (χ0) is 14.7. The maximum Gasteiger partial charge on any atom is 0.414 e. The first-order valence-corrected chi connectivity index (χ1v) is 6.21. The highest BCUT2D eigenvalue weighted by Crippen LogP contribution is 2.30. The van der Waals surface area contributed by atoms with E-state index in [9.17, 15) is 14.7 Å². The lowest BCUT2D eigenvalue weighted by Crippen LogP contribution is -2.28. The van der Waals surface area contributed by atoms with E-state index in [-0.39, 0.29) is 12.2 Å². The Bertz CT molecular complexity index is 666. The molecular formula is C15H15NO4. The SMILES string of the molecule is CCOC(=O)N(C)c1c(C(=O)O)ccc2ccccc12. The van der Waals surface area contributed by atoms with Crippen LogP contribution in [0, 0.1) is 0 Å². The number of carboxylic acid groups (broad SMARTS) is 1. The van der Waals surface area contributed by atoms with Crippen molar-refractivity contribution in [3.63, 3.8) is 0 Å². The summed E-state index contributed by atoms with van der Waals surface area (Å²) in [6.07, 6.45) is -0.577. The smallest absolute Gasteiger partial charge is 0.414 e. The van der Waals surface area contributed by atoms with Gasteiger partial charge < -0.3 is 9.84 Å². The van der Waals surface area contributed by atoms with Crippen LogP contribution in [-0.4, -0.2) is 30.8 Å².